The molecular weight excluding hydrogens is 336 g/mol. The highest BCUT2D eigenvalue weighted by Gasteiger charge is 2.19. The summed E-state index contributed by atoms with van der Waals surface area (Å²) in [6.07, 6.45) is 0. The molecule has 0 spiro atoms. The molecule has 2 aromatic rings. The average Bonchev–Trinajstić information content (AvgIpc) is 2.43. The summed E-state index contributed by atoms with van der Waals surface area (Å²) in [4.78, 5) is 0. The highest BCUT2D eigenvalue weighted by Crippen LogP contribution is 2.31. The van der Waals surface area contributed by atoms with Crippen LogP contribution in [0.25, 0.3) is 0 Å². The average molecular weight is 354 g/mol. The first-order chi connectivity index (χ1) is 9.71. The van der Waals surface area contributed by atoms with Gasteiger partial charge >= 0.3 is 0 Å². The van der Waals surface area contributed by atoms with Crippen LogP contribution in [-0.2, 0) is 5.41 Å². The van der Waals surface area contributed by atoms with Crippen LogP contribution in [0, 0.1) is 11.6 Å². The predicted molar refractivity (Wildman–Crippen MR) is 85.2 cm³/mol. The molecule has 0 bridgehead atoms. The molecule has 2 N–H and O–H groups in total. The van der Waals surface area contributed by atoms with Crippen LogP contribution in [0.15, 0.2) is 40.9 Å². The Kier molecular flexibility index (Phi) is 4.49. The zero-order valence-electron chi connectivity index (χ0n) is 12.3. The van der Waals surface area contributed by atoms with Crippen molar-refractivity contribution in [3.8, 4) is 0 Å². The number of rotatable bonds is 2. The Morgan fingerprint density at radius 3 is 2.10 bits per heavy atom. The topological polar surface area (TPSA) is 26.0 Å². The summed E-state index contributed by atoms with van der Waals surface area (Å²) >= 11 is 3.08. The van der Waals surface area contributed by atoms with E-state index in [-0.39, 0.29) is 9.89 Å². The normalized spacial score (nSPS) is 13.3. The van der Waals surface area contributed by atoms with Gasteiger partial charge in [-0.05, 0) is 44.1 Å². The fraction of sp³-hybridized carbons (Fsp3) is 0.294. The van der Waals surface area contributed by atoms with E-state index < -0.39 is 17.7 Å². The smallest absolute Gasteiger partial charge is 0.173 e. The summed E-state index contributed by atoms with van der Waals surface area (Å²) in [5.74, 6) is -1.80. The number of halogens is 3. The lowest BCUT2D eigenvalue weighted by atomic mass is 9.86. The van der Waals surface area contributed by atoms with Crippen molar-refractivity contribution in [2.24, 2.45) is 5.73 Å². The third-order valence-electron chi connectivity index (χ3n) is 3.54. The van der Waals surface area contributed by atoms with Gasteiger partial charge in [0.1, 0.15) is 0 Å². The molecule has 1 atom stereocenters. The van der Waals surface area contributed by atoms with Crippen LogP contribution < -0.4 is 5.73 Å². The molecule has 0 aliphatic carbocycles. The lowest BCUT2D eigenvalue weighted by Gasteiger charge is -2.21. The fourth-order valence-corrected chi connectivity index (χ4v) is 2.72. The molecule has 0 fully saturated rings. The van der Waals surface area contributed by atoms with Crippen molar-refractivity contribution in [3.05, 3.63) is 69.2 Å². The van der Waals surface area contributed by atoms with Crippen LogP contribution in [-0.4, -0.2) is 0 Å². The van der Waals surface area contributed by atoms with Crippen LogP contribution in [0.3, 0.4) is 0 Å². The lowest BCUT2D eigenvalue weighted by molar-refractivity contribution is 0.501. The number of nitrogens with two attached hydrogens (primary N) is 1. The lowest BCUT2D eigenvalue weighted by Crippen LogP contribution is -2.15. The summed E-state index contributed by atoms with van der Waals surface area (Å²) in [6, 6.07) is 9.98. The zero-order chi connectivity index (χ0) is 15.8. The summed E-state index contributed by atoms with van der Waals surface area (Å²) < 4.78 is 26.9. The van der Waals surface area contributed by atoms with Gasteiger partial charge in [0.2, 0.25) is 0 Å². The van der Waals surface area contributed by atoms with Crippen LogP contribution in [0.4, 0.5) is 8.78 Å². The molecule has 0 aliphatic heterocycles. The molecule has 0 amide bonds. The molecule has 2 rings (SSSR count). The number of hydrogen-bond donors (Lipinski definition) is 1. The van der Waals surface area contributed by atoms with Gasteiger partial charge in [-0.15, -0.1) is 0 Å². The largest absolute Gasteiger partial charge is 0.320 e. The molecule has 0 radical (unpaired) electrons. The predicted octanol–water partition coefficient (Wildman–Crippen LogP) is 5.07. The van der Waals surface area contributed by atoms with Crippen molar-refractivity contribution < 1.29 is 8.78 Å². The van der Waals surface area contributed by atoms with Crippen molar-refractivity contribution in [2.75, 3.05) is 0 Å². The Morgan fingerprint density at radius 1 is 1.00 bits per heavy atom. The maximum absolute atomic E-state index is 13.6. The molecule has 2 aromatic carbocycles. The van der Waals surface area contributed by atoms with Gasteiger partial charge in [0, 0.05) is 0 Å². The third kappa shape index (κ3) is 3.33. The van der Waals surface area contributed by atoms with Crippen molar-refractivity contribution in [3.63, 3.8) is 0 Å². The standard InChI is InChI=1S/C17H18BrF2N/c1-17(2,3)11-6-4-10(5-7-11)16(21)12-8-9-13(19)15(20)14(12)18/h4-9,16H,21H2,1-3H3. The first kappa shape index (κ1) is 16.1. The molecule has 1 nitrogen and oxygen atoms in total. The highest BCUT2D eigenvalue weighted by atomic mass is 79.9. The Hall–Kier alpha value is -1.26. The molecule has 1 unspecified atom stereocenters. The maximum Gasteiger partial charge on any atom is 0.173 e. The van der Waals surface area contributed by atoms with E-state index in [1.165, 1.54) is 11.6 Å². The van der Waals surface area contributed by atoms with Crippen molar-refractivity contribution in [1.82, 2.24) is 0 Å². The molecule has 0 saturated carbocycles. The summed E-state index contributed by atoms with van der Waals surface area (Å²) in [5, 5.41) is 0. The minimum atomic E-state index is -0.908. The van der Waals surface area contributed by atoms with E-state index >= 15 is 0 Å². The first-order valence-electron chi connectivity index (χ1n) is 6.71. The minimum absolute atomic E-state index is 0.0607. The van der Waals surface area contributed by atoms with Crippen molar-refractivity contribution in [2.45, 2.75) is 32.2 Å². The number of benzene rings is 2. The summed E-state index contributed by atoms with van der Waals surface area (Å²) in [7, 11) is 0. The molecule has 21 heavy (non-hydrogen) atoms. The second-order valence-electron chi connectivity index (χ2n) is 6.11. The second-order valence-corrected chi connectivity index (χ2v) is 6.91. The van der Waals surface area contributed by atoms with Crippen molar-refractivity contribution >= 4 is 15.9 Å². The minimum Gasteiger partial charge on any atom is -0.320 e. The molecule has 0 heterocycles. The summed E-state index contributed by atoms with van der Waals surface area (Å²) in [5.41, 5.74) is 8.82. The van der Waals surface area contributed by atoms with E-state index in [1.807, 2.05) is 24.3 Å². The highest BCUT2D eigenvalue weighted by molar-refractivity contribution is 9.10. The second kappa shape index (κ2) is 5.85. The van der Waals surface area contributed by atoms with Gasteiger partial charge in [-0.25, -0.2) is 8.78 Å². The SMILES string of the molecule is CC(C)(C)c1ccc(C(N)c2ccc(F)c(F)c2Br)cc1. The fourth-order valence-electron chi connectivity index (χ4n) is 2.15. The van der Waals surface area contributed by atoms with E-state index in [4.69, 9.17) is 5.73 Å². The molecule has 4 heteroatoms. The van der Waals surface area contributed by atoms with Gasteiger partial charge in [0.05, 0.1) is 10.5 Å². The van der Waals surface area contributed by atoms with E-state index in [0.717, 1.165) is 11.6 Å². The van der Waals surface area contributed by atoms with Crippen LogP contribution in [0.5, 0.6) is 0 Å². The van der Waals surface area contributed by atoms with Crippen molar-refractivity contribution in [1.29, 1.82) is 0 Å². The van der Waals surface area contributed by atoms with Crippen LogP contribution in [0.2, 0.25) is 0 Å². The van der Waals surface area contributed by atoms with Crippen LogP contribution >= 0.6 is 15.9 Å². The third-order valence-corrected chi connectivity index (χ3v) is 4.34. The molecule has 0 aromatic heterocycles. The van der Waals surface area contributed by atoms with Gasteiger partial charge in [-0.2, -0.15) is 0 Å². The number of hydrogen-bond acceptors (Lipinski definition) is 1. The Labute approximate surface area is 132 Å². The maximum atomic E-state index is 13.6. The van der Waals surface area contributed by atoms with Gasteiger partial charge in [-0.3, -0.25) is 0 Å². The van der Waals surface area contributed by atoms with E-state index in [0.29, 0.717) is 5.56 Å². The van der Waals surface area contributed by atoms with Gasteiger partial charge < -0.3 is 5.73 Å². The first-order valence-corrected chi connectivity index (χ1v) is 7.50. The molecule has 112 valence electrons. The van der Waals surface area contributed by atoms with E-state index in [9.17, 15) is 8.78 Å². The monoisotopic (exact) mass is 353 g/mol. The summed E-state index contributed by atoms with van der Waals surface area (Å²) in [6.45, 7) is 6.40. The Balaban J connectivity index is 2.37. The van der Waals surface area contributed by atoms with Crippen LogP contribution in [0.1, 0.15) is 43.5 Å². The van der Waals surface area contributed by atoms with Gasteiger partial charge in [0.15, 0.2) is 11.6 Å². The Morgan fingerprint density at radius 2 is 1.57 bits per heavy atom. The molecular formula is C17H18BrF2N. The van der Waals surface area contributed by atoms with Gasteiger partial charge in [-0.1, -0.05) is 51.1 Å². The quantitative estimate of drug-likeness (QED) is 0.749. The van der Waals surface area contributed by atoms with E-state index in [1.54, 1.807) is 0 Å². The Bertz CT molecular complexity index is 645. The van der Waals surface area contributed by atoms with E-state index in [2.05, 4.69) is 36.7 Å². The van der Waals surface area contributed by atoms with Gasteiger partial charge in [0.25, 0.3) is 0 Å². The zero-order valence-corrected chi connectivity index (χ0v) is 13.8. The molecule has 0 saturated heterocycles. The molecule has 0 aliphatic rings.